The second-order valence-corrected chi connectivity index (χ2v) is 6.67. The number of nitriles is 1. The van der Waals surface area contributed by atoms with Gasteiger partial charge in [0.05, 0.1) is 11.3 Å². The maximum absolute atomic E-state index is 12.0. The normalized spacial score (nSPS) is 13.4. The highest BCUT2D eigenvalue weighted by Gasteiger charge is 2.21. The van der Waals surface area contributed by atoms with Crippen molar-refractivity contribution in [1.29, 1.82) is 5.26 Å². The molecule has 0 aliphatic heterocycles. The summed E-state index contributed by atoms with van der Waals surface area (Å²) in [5.74, 6) is 0.0627. The summed E-state index contributed by atoms with van der Waals surface area (Å²) in [6.07, 6.45) is 12.6. The van der Waals surface area contributed by atoms with Crippen LogP contribution in [0.4, 0.5) is 0 Å². The van der Waals surface area contributed by atoms with E-state index in [1.54, 1.807) is 6.26 Å². The van der Waals surface area contributed by atoms with Gasteiger partial charge >= 0.3 is 0 Å². The van der Waals surface area contributed by atoms with Crippen molar-refractivity contribution in [3.8, 4) is 6.07 Å². The number of carbonyl (C=O) groups excluding carboxylic acids is 1. The predicted molar refractivity (Wildman–Crippen MR) is 84.8 cm³/mol. The highest BCUT2D eigenvalue weighted by atomic mass is 32.2. The van der Waals surface area contributed by atoms with Gasteiger partial charge in [0, 0.05) is 29.9 Å². The molecular formula is C16H27NO2S. The quantitative estimate of drug-likeness (QED) is 0.382. The van der Waals surface area contributed by atoms with E-state index in [4.69, 9.17) is 5.26 Å². The van der Waals surface area contributed by atoms with Crippen LogP contribution in [0.3, 0.4) is 0 Å². The van der Waals surface area contributed by atoms with Gasteiger partial charge in [-0.15, -0.1) is 6.58 Å². The van der Waals surface area contributed by atoms with E-state index in [-0.39, 0.29) is 5.78 Å². The third-order valence-corrected chi connectivity index (χ3v) is 4.66. The van der Waals surface area contributed by atoms with Crippen LogP contribution < -0.4 is 0 Å². The fourth-order valence-corrected chi connectivity index (χ4v) is 3.10. The van der Waals surface area contributed by atoms with E-state index in [0.29, 0.717) is 19.3 Å². The molecule has 0 saturated heterocycles. The first kappa shape index (κ1) is 19.1. The molecule has 0 N–H and O–H groups in total. The number of nitrogens with zero attached hydrogens (tertiary/aromatic N) is 1. The molecule has 0 aromatic heterocycles. The van der Waals surface area contributed by atoms with E-state index in [1.807, 2.05) is 12.1 Å². The zero-order chi connectivity index (χ0) is 15.2. The van der Waals surface area contributed by atoms with Crippen molar-refractivity contribution in [3.63, 3.8) is 0 Å². The lowest BCUT2D eigenvalue weighted by Gasteiger charge is -2.11. The molecule has 20 heavy (non-hydrogen) atoms. The Morgan fingerprint density at radius 1 is 1.25 bits per heavy atom. The van der Waals surface area contributed by atoms with Gasteiger partial charge in [0.15, 0.2) is 0 Å². The summed E-state index contributed by atoms with van der Waals surface area (Å²) in [7, 11) is -1.16. The second kappa shape index (κ2) is 13.1. The van der Waals surface area contributed by atoms with Gasteiger partial charge < -0.3 is 0 Å². The number of carbonyl (C=O) groups is 1. The fraction of sp³-hybridized carbons (Fsp3) is 0.750. The Hall–Kier alpha value is -0.950. The number of Topliss-reactive ketones (excluding diaryl/α,β-unsaturated/α-hetero) is 1. The van der Waals surface area contributed by atoms with Crippen LogP contribution in [-0.4, -0.2) is 21.5 Å². The number of hydrogen-bond donors (Lipinski definition) is 0. The topological polar surface area (TPSA) is 57.9 Å². The molecule has 0 radical (unpaired) electrons. The molecule has 0 aliphatic carbocycles. The van der Waals surface area contributed by atoms with Crippen LogP contribution in [0.25, 0.3) is 0 Å². The van der Waals surface area contributed by atoms with Crippen molar-refractivity contribution in [2.75, 3.05) is 6.26 Å². The summed E-state index contributed by atoms with van der Waals surface area (Å²) in [4.78, 5) is 12.0. The summed E-state index contributed by atoms with van der Waals surface area (Å²) in [6.45, 7) is 3.70. The minimum atomic E-state index is -1.16. The Morgan fingerprint density at radius 2 is 1.85 bits per heavy atom. The van der Waals surface area contributed by atoms with Gasteiger partial charge in [-0.05, 0) is 25.7 Å². The number of unbranched alkanes of at least 4 members (excludes halogenated alkanes) is 6. The maximum atomic E-state index is 12.0. The highest BCUT2D eigenvalue weighted by Crippen LogP contribution is 2.13. The maximum Gasteiger partial charge on any atom is 0.148 e. The van der Waals surface area contributed by atoms with E-state index >= 15 is 0 Å². The molecule has 114 valence electrons. The van der Waals surface area contributed by atoms with Gasteiger partial charge in [0.1, 0.15) is 5.78 Å². The zero-order valence-corrected chi connectivity index (χ0v) is 13.4. The molecule has 3 nitrogen and oxygen atoms in total. The average Bonchev–Trinajstić information content (AvgIpc) is 2.42. The Labute approximate surface area is 125 Å². The van der Waals surface area contributed by atoms with Gasteiger partial charge in [-0.2, -0.15) is 5.26 Å². The molecule has 0 heterocycles. The molecule has 2 atom stereocenters. The minimum Gasteiger partial charge on any atom is -0.298 e. The van der Waals surface area contributed by atoms with Gasteiger partial charge in [0.25, 0.3) is 0 Å². The largest absolute Gasteiger partial charge is 0.298 e. The average molecular weight is 297 g/mol. The fourth-order valence-electron chi connectivity index (χ4n) is 2.16. The lowest BCUT2D eigenvalue weighted by Crippen LogP contribution is -2.25. The molecule has 0 bridgehead atoms. The monoisotopic (exact) mass is 297 g/mol. The van der Waals surface area contributed by atoms with Crippen LogP contribution in [0.1, 0.15) is 64.2 Å². The van der Waals surface area contributed by atoms with Crippen LogP contribution in [0, 0.1) is 11.3 Å². The molecule has 0 rings (SSSR count). The van der Waals surface area contributed by atoms with Crippen molar-refractivity contribution in [2.45, 2.75) is 69.5 Å². The van der Waals surface area contributed by atoms with E-state index < -0.39 is 16.0 Å². The molecule has 0 aromatic carbocycles. The number of allylic oxidation sites excluding steroid dienone is 1. The summed E-state index contributed by atoms with van der Waals surface area (Å²) >= 11 is 0. The van der Waals surface area contributed by atoms with Crippen LogP contribution in [0.2, 0.25) is 0 Å². The first-order valence-corrected chi connectivity index (χ1v) is 9.08. The van der Waals surface area contributed by atoms with Crippen molar-refractivity contribution in [1.82, 2.24) is 0 Å². The van der Waals surface area contributed by atoms with E-state index in [1.165, 1.54) is 19.3 Å². The van der Waals surface area contributed by atoms with E-state index in [0.717, 1.165) is 25.7 Å². The van der Waals surface area contributed by atoms with Crippen LogP contribution >= 0.6 is 0 Å². The molecule has 4 heteroatoms. The SMILES string of the molecule is C=CCCCCCCCCC(=O)C(CCC#N)S(C)=O. The molecule has 0 amide bonds. The first-order valence-electron chi connectivity index (χ1n) is 7.46. The smallest absolute Gasteiger partial charge is 0.148 e. The Morgan fingerprint density at radius 3 is 2.40 bits per heavy atom. The van der Waals surface area contributed by atoms with Gasteiger partial charge in [-0.1, -0.05) is 31.8 Å². The highest BCUT2D eigenvalue weighted by molar-refractivity contribution is 7.85. The molecule has 0 saturated carbocycles. The Kier molecular flexibility index (Phi) is 12.4. The van der Waals surface area contributed by atoms with Crippen LogP contribution in [0.5, 0.6) is 0 Å². The van der Waals surface area contributed by atoms with Crippen molar-refractivity contribution >= 4 is 16.6 Å². The standard InChI is InChI=1S/C16H27NO2S/c1-3-4-5-6-7-8-9-10-12-15(18)16(20(2)19)13-11-14-17/h3,16H,1,4-13H2,2H3. The van der Waals surface area contributed by atoms with Gasteiger partial charge in [-0.3, -0.25) is 9.00 Å². The summed E-state index contributed by atoms with van der Waals surface area (Å²) in [5.41, 5.74) is 0. The Bertz CT molecular complexity index is 347. The van der Waals surface area contributed by atoms with E-state index in [2.05, 4.69) is 6.58 Å². The summed E-state index contributed by atoms with van der Waals surface area (Å²) in [6, 6.07) is 2.01. The molecule has 0 aliphatic rings. The van der Waals surface area contributed by atoms with Crippen molar-refractivity contribution < 1.29 is 9.00 Å². The lowest BCUT2D eigenvalue weighted by molar-refractivity contribution is -0.118. The second-order valence-electron chi connectivity index (χ2n) is 5.10. The lowest BCUT2D eigenvalue weighted by atomic mass is 10.0. The van der Waals surface area contributed by atoms with E-state index in [9.17, 15) is 9.00 Å². The van der Waals surface area contributed by atoms with Crippen LogP contribution in [-0.2, 0) is 15.6 Å². The number of hydrogen-bond acceptors (Lipinski definition) is 3. The molecule has 0 fully saturated rings. The minimum absolute atomic E-state index is 0.0627. The third kappa shape index (κ3) is 9.91. The molecule has 0 spiro atoms. The van der Waals surface area contributed by atoms with Crippen molar-refractivity contribution in [3.05, 3.63) is 12.7 Å². The van der Waals surface area contributed by atoms with Crippen LogP contribution in [0.15, 0.2) is 12.7 Å². The predicted octanol–water partition coefficient (Wildman–Crippen LogP) is 3.91. The molecule has 2 unspecified atom stereocenters. The Balaban J connectivity index is 3.71. The van der Waals surface area contributed by atoms with Gasteiger partial charge in [-0.25, -0.2) is 0 Å². The first-order chi connectivity index (χ1) is 9.63. The third-order valence-electron chi connectivity index (χ3n) is 3.36. The van der Waals surface area contributed by atoms with Gasteiger partial charge in [0.2, 0.25) is 0 Å². The zero-order valence-electron chi connectivity index (χ0n) is 12.6. The summed E-state index contributed by atoms with van der Waals surface area (Å²) in [5, 5.41) is 8.10. The number of ketones is 1. The molecular weight excluding hydrogens is 270 g/mol. The summed E-state index contributed by atoms with van der Waals surface area (Å²) < 4.78 is 11.5. The number of rotatable bonds is 13. The molecule has 0 aromatic rings. The van der Waals surface area contributed by atoms with Crippen molar-refractivity contribution in [2.24, 2.45) is 0 Å².